The third-order valence-electron chi connectivity index (χ3n) is 3.39. The number of nitrogens with zero attached hydrogens (tertiary/aromatic N) is 1. The highest BCUT2D eigenvalue weighted by Gasteiger charge is 2.20. The second-order valence-corrected chi connectivity index (χ2v) is 5.72. The number of carbonyl (C=O) groups excluding carboxylic acids is 1. The Morgan fingerprint density at radius 2 is 2.40 bits per heavy atom. The van der Waals surface area contributed by atoms with E-state index in [0.29, 0.717) is 12.1 Å². The predicted octanol–water partition coefficient (Wildman–Crippen LogP) is 2.78. The van der Waals surface area contributed by atoms with Crippen LogP contribution in [-0.2, 0) is 11.2 Å². The van der Waals surface area contributed by atoms with Crippen LogP contribution in [0.1, 0.15) is 30.0 Å². The molecule has 104 valence electrons. The van der Waals surface area contributed by atoms with Crippen molar-refractivity contribution in [3.05, 3.63) is 34.3 Å². The molecular formula is C14H16N4OS. The van der Waals surface area contributed by atoms with Gasteiger partial charge in [-0.3, -0.25) is 4.79 Å². The zero-order valence-electron chi connectivity index (χ0n) is 11.1. The van der Waals surface area contributed by atoms with E-state index in [2.05, 4.69) is 22.5 Å². The Morgan fingerprint density at radius 1 is 1.55 bits per heavy atom. The summed E-state index contributed by atoms with van der Waals surface area (Å²) in [5, 5.41) is 9.26. The van der Waals surface area contributed by atoms with Crippen LogP contribution in [0.3, 0.4) is 0 Å². The lowest BCUT2D eigenvalue weighted by Gasteiger charge is -2.18. The van der Waals surface area contributed by atoms with Crippen LogP contribution in [0, 0.1) is 0 Å². The van der Waals surface area contributed by atoms with Gasteiger partial charge in [-0.15, -0.1) is 11.3 Å². The molecule has 20 heavy (non-hydrogen) atoms. The summed E-state index contributed by atoms with van der Waals surface area (Å²) in [6, 6.07) is 3.91. The van der Waals surface area contributed by atoms with Crippen LogP contribution in [0.5, 0.6) is 0 Å². The molecule has 1 aromatic heterocycles. The molecule has 4 N–H and O–H groups in total. The summed E-state index contributed by atoms with van der Waals surface area (Å²) in [5.41, 5.74) is 9.39. The minimum Gasteiger partial charge on any atom is -0.397 e. The summed E-state index contributed by atoms with van der Waals surface area (Å²) in [5.74, 6) is 0.0171. The van der Waals surface area contributed by atoms with Crippen LogP contribution in [-0.4, -0.2) is 10.9 Å². The number of nitrogens with one attached hydrogen (secondary N) is 2. The van der Waals surface area contributed by atoms with Gasteiger partial charge in [0, 0.05) is 17.3 Å². The average molecular weight is 288 g/mol. The molecule has 1 aliphatic rings. The normalized spacial score (nSPS) is 14.8. The summed E-state index contributed by atoms with van der Waals surface area (Å²) in [7, 11) is 0. The van der Waals surface area contributed by atoms with Crippen molar-refractivity contribution in [2.45, 2.75) is 25.8 Å². The molecule has 0 radical (unpaired) electrons. The summed E-state index contributed by atoms with van der Waals surface area (Å²) in [6.45, 7) is 2.10. The smallest absolute Gasteiger partial charge is 0.228 e. The van der Waals surface area contributed by atoms with Gasteiger partial charge < -0.3 is 16.4 Å². The maximum atomic E-state index is 11.4. The first-order valence-electron chi connectivity index (χ1n) is 6.55. The Bertz CT molecular complexity index is 639. The number of amides is 1. The minimum atomic E-state index is 0.0171. The molecule has 1 unspecified atom stereocenters. The first kappa shape index (κ1) is 12.9. The Kier molecular flexibility index (Phi) is 3.31. The molecule has 1 amide bonds. The summed E-state index contributed by atoms with van der Waals surface area (Å²) < 4.78 is 0. The van der Waals surface area contributed by atoms with Gasteiger partial charge in [0.15, 0.2) is 0 Å². The van der Waals surface area contributed by atoms with Gasteiger partial charge in [0.25, 0.3) is 0 Å². The molecule has 1 atom stereocenters. The number of hydrogen-bond donors (Lipinski definition) is 3. The molecule has 6 heteroatoms. The zero-order chi connectivity index (χ0) is 14.1. The molecule has 1 aromatic carbocycles. The van der Waals surface area contributed by atoms with Crippen molar-refractivity contribution in [3.8, 4) is 0 Å². The Hall–Kier alpha value is -2.08. The number of hydrogen-bond acceptors (Lipinski definition) is 5. The Balaban J connectivity index is 1.87. The van der Waals surface area contributed by atoms with Crippen LogP contribution in [0.15, 0.2) is 23.7 Å². The number of thiazole rings is 1. The largest absolute Gasteiger partial charge is 0.397 e. The van der Waals surface area contributed by atoms with Crippen molar-refractivity contribution >= 4 is 34.3 Å². The fraction of sp³-hybridized carbons (Fsp3) is 0.286. The molecule has 5 nitrogen and oxygen atoms in total. The molecule has 0 aliphatic carbocycles. The molecule has 0 bridgehead atoms. The fourth-order valence-corrected chi connectivity index (χ4v) is 3.12. The third-order valence-corrected chi connectivity index (χ3v) is 4.28. The number of carbonyl (C=O) groups is 1. The number of benzene rings is 1. The lowest BCUT2D eigenvalue weighted by molar-refractivity contribution is -0.115. The molecule has 2 aromatic rings. The number of nitrogen functional groups attached to an aromatic ring is 1. The second-order valence-electron chi connectivity index (χ2n) is 4.80. The average Bonchev–Trinajstić information content (AvgIpc) is 3.04. The first-order chi connectivity index (χ1) is 9.67. The third kappa shape index (κ3) is 2.34. The maximum absolute atomic E-state index is 11.4. The molecular weight excluding hydrogens is 272 g/mol. The number of rotatable bonds is 4. The van der Waals surface area contributed by atoms with Gasteiger partial charge in [0.2, 0.25) is 5.91 Å². The lowest BCUT2D eigenvalue weighted by atomic mass is 10.1. The van der Waals surface area contributed by atoms with E-state index in [4.69, 9.17) is 5.73 Å². The van der Waals surface area contributed by atoms with Gasteiger partial charge in [0.05, 0.1) is 23.8 Å². The van der Waals surface area contributed by atoms with Gasteiger partial charge in [-0.25, -0.2) is 4.98 Å². The molecule has 0 saturated carbocycles. The lowest BCUT2D eigenvalue weighted by Crippen LogP contribution is -2.11. The molecule has 3 rings (SSSR count). The van der Waals surface area contributed by atoms with Crippen LogP contribution < -0.4 is 16.4 Å². The number of aromatic nitrogens is 1. The van der Waals surface area contributed by atoms with Crippen LogP contribution in [0.4, 0.5) is 17.1 Å². The fourth-order valence-electron chi connectivity index (χ4n) is 2.35. The standard InChI is InChI=1S/C14H16N4OS/c1-2-10(14-16-3-4-20-14)17-12-7-11-8(5-9(12)15)6-13(19)18-11/h3-5,7,10,17H,2,6,15H2,1H3,(H,18,19). The highest BCUT2D eigenvalue weighted by Crippen LogP contribution is 2.34. The van der Waals surface area contributed by atoms with E-state index in [9.17, 15) is 4.79 Å². The quantitative estimate of drug-likeness (QED) is 0.756. The van der Waals surface area contributed by atoms with E-state index < -0.39 is 0 Å². The summed E-state index contributed by atoms with van der Waals surface area (Å²) >= 11 is 1.62. The highest BCUT2D eigenvalue weighted by atomic mass is 32.1. The minimum absolute atomic E-state index is 0.0171. The summed E-state index contributed by atoms with van der Waals surface area (Å²) in [4.78, 5) is 15.8. The van der Waals surface area contributed by atoms with Crippen molar-refractivity contribution in [2.75, 3.05) is 16.4 Å². The number of anilines is 3. The molecule has 0 fully saturated rings. The molecule has 2 heterocycles. The van der Waals surface area contributed by atoms with Crippen LogP contribution in [0.2, 0.25) is 0 Å². The van der Waals surface area contributed by atoms with Gasteiger partial charge in [-0.1, -0.05) is 6.92 Å². The molecule has 0 spiro atoms. The van der Waals surface area contributed by atoms with Crippen molar-refractivity contribution in [1.29, 1.82) is 0 Å². The topological polar surface area (TPSA) is 80.0 Å². The summed E-state index contributed by atoms with van der Waals surface area (Å²) in [6.07, 6.45) is 3.12. The molecule has 1 aliphatic heterocycles. The van der Waals surface area contributed by atoms with E-state index in [1.807, 2.05) is 17.5 Å². The van der Waals surface area contributed by atoms with E-state index in [-0.39, 0.29) is 11.9 Å². The van der Waals surface area contributed by atoms with Crippen molar-refractivity contribution < 1.29 is 4.79 Å². The van der Waals surface area contributed by atoms with Crippen molar-refractivity contribution in [1.82, 2.24) is 4.98 Å². The van der Waals surface area contributed by atoms with Crippen molar-refractivity contribution in [2.24, 2.45) is 0 Å². The van der Waals surface area contributed by atoms with E-state index in [0.717, 1.165) is 28.4 Å². The van der Waals surface area contributed by atoms with Gasteiger partial charge >= 0.3 is 0 Å². The van der Waals surface area contributed by atoms with Gasteiger partial charge in [-0.2, -0.15) is 0 Å². The van der Waals surface area contributed by atoms with E-state index in [1.54, 1.807) is 17.5 Å². The second kappa shape index (κ2) is 5.13. The molecule has 0 saturated heterocycles. The van der Waals surface area contributed by atoms with E-state index >= 15 is 0 Å². The van der Waals surface area contributed by atoms with Gasteiger partial charge in [-0.05, 0) is 24.1 Å². The van der Waals surface area contributed by atoms with E-state index in [1.165, 1.54) is 0 Å². The Labute approximate surface area is 121 Å². The maximum Gasteiger partial charge on any atom is 0.228 e. The number of fused-ring (bicyclic) bond motifs is 1. The SMILES string of the molecule is CCC(Nc1cc2c(cc1N)CC(=O)N2)c1nccs1. The van der Waals surface area contributed by atoms with Gasteiger partial charge in [0.1, 0.15) is 5.01 Å². The monoisotopic (exact) mass is 288 g/mol. The predicted molar refractivity (Wildman–Crippen MR) is 82.0 cm³/mol. The van der Waals surface area contributed by atoms with Crippen molar-refractivity contribution in [3.63, 3.8) is 0 Å². The number of nitrogens with two attached hydrogens (primary N) is 1. The Morgan fingerprint density at radius 3 is 3.10 bits per heavy atom. The van der Waals surface area contributed by atoms with Crippen LogP contribution in [0.25, 0.3) is 0 Å². The van der Waals surface area contributed by atoms with Crippen LogP contribution >= 0.6 is 11.3 Å². The first-order valence-corrected chi connectivity index (χ1v) is 7.43. The zero-order valence-corrected chi connectivity index (χ0v) is 12.0. The highest BCUT2D eigenvalue weighted by molar-refractivity contribution is 7.09.